The van der Waals surface area contributed by atoms with Crippen LogP contribution in [0.2, 0.25) is 0 Å². The summed E-state index contributed by atoms with van der Waals surface area (Å²) in [5, 5.41) is 0. The third-order valence-corrected chi connectivity index (χ3v) is 4.85. The van der Waals surface area contributed by atoms with E-state index < -0.39 is 0 Å². The van der Waals surface area contributed by atoms with Crippen LogP contribution in [-0.4, -0.2) is 23.3 Å². The molecule has 0 spiro atoms. The van der Waals surface area contributed by atoms with Crippen LogP contribution in [0.5, 0.6) is 0 Å². The van der Waals surface area contributed by atoms with Gasteiger partial charge < -0.3 is 4.74 Å². The summed E-state index contributed by atoms with van der Waals surface area (Å²) >= 11 is 0. The average molecular weight is 306 g/mol. The molecule has 1 unspecified atom stereocenters. The van der Waals surface area contributed by atoms with E-state index in [9.17, 15) is 9.59 Å². The molecule has 1 aliphatic heterocycles. The molecule has 3 nitrogen and oxygen atoms in total. The summed E-state index contributed by atoms with van der Waals surface area (Å²) in [4.78, 5) is 25.2. The first-order valence-electron chi connectivity index (χ1n) is 7.96. The van der Waals surface area contributed by atoms with E-state index in [4.69, 9.17) is 4.74 Å². The largest absolute Gasteiger partial charge is 0.367 e. The number of carbonyl (C=O) groups excluding carboxylic acids is 2. The zero-order valence-corrected chi connectivity index (χ0v) is 13.3. The standard InChI is InChI=1S/C20H18O3/c1-20(2)17(23-20)10-8-12-7-9-15-16(11-12)19(22)14-6-4-3-5-13(14)18(15)21/h3-7,9,11,17H,8,10H2,1-2H3. The molecule has 1 atom stereocenters. The average Bonchev–Trinajstić information content (AvgIpc) is 3.17. The number of hydrogen-bond acceptors (Lipinski definition) is 3. The molecule has 1 heterocycles. The Labute approximate surface area is 135 Å². The summed E-state index contributed by atoms with van der Waals surface area (Å²) in [6, 6.07) is 12.7. The number of ketones is 2. The first-order chi connectivity index (χ1) is 11.0. The van der Waals surface area contributed by atoms with Gasteiger partial charge in [0.25, 0.3) is 0 Å². The van der Waals surface area contributed by atoms with Gasteiger partial charge in [-0.05, 0) is 38.3 Å². The van der Waals surface area contributed by atoms with Gasteiger partial charge >= 0.3 is 0 Å². The summed E-state index contributed by atoms with van der Waals surface area (Å²) in [6.45, 7) is 4.17. The maximum atomic E-state index is 12.7. The molecule has 3 heteroatoms. The van der Waals surface area contributed by atoms with Crippen LogP contribution in [0.25, 0.3) is 0 Å². The van der Waals surface area contributed by atoms with Crippen LogP contribution < -0.4 is 0 Å². The Bertz CT molecular complexity index is 833. The van der Waals surface area contributed by atoms with E-state index in [2.05, 4.69) is 13.8 Å². The molecule has 2 aromatic carbocycles. The van der Waals surface area contributed by atoms with Gasteiger partial charge in [-0.2, -0.15) is 0 Å². The van der Waals surface area contributed by atoms with Gasteiger partial charge in [0.05, 0.1) is 11.7 Å². The van der Waals surface area contributed by atoms with E-state index in [0.29, 0.717) is 22.3 Å². The highest BCUT2D eigenvalue weighted by atomic mass is 16.6. The van der Waals surface area contributed by atoms with Crippen LogP contribution in [-0.2, 0) is 11.2 Å². The molecular formula is C20H18O3. The van der Waals surface area contributed by atoms with Crippen molar-refractivity contribution in [2.75, 3.05) is 0 Å². The fourth-order valence-electron chi connectivity index (χ4n) is 3.34. The minimum Gasteiger partial charge on any atom is -0.367 e. The van der Waals surface area contributed by atoms with Crippen molar-refractivity contribution in [3.8, 4) is 0 Å². The number of rotatable bonds is 3. The van der Waals surface area contributed by atoms with Gasteiger partial charge in [0.15, 0.2) is 11.6 Å². The molecule has 1 fully saturated rings. The fraction of sp³-hybridized carbons (Fsp3) is 0.300. The predicted octanol–water partition coefficient (Wildman–Crippen LogP) is 3.57. The second kappa shape index (κ2) is 4.87. The highest BCUT2D eigenvalue weighted by molar-refractivity contribution is 6.28. The Morgan fingerprint density at radius 2 is 1.48 bits per heavy atom. The number of carbonyl (C=O) groups is 2. The van der Waals surface area contributed by atoms with Gasteiger partial charge in [-0.15, -0.1) is 0 Å². The van der Waals surface area contributed by atoms with E-state index >= 15 is 0 Å². The maximum Gasteiger partial charge on any atom is 0.194 e. The molecule has 0 saturated carbocycles. The Kier molecular flexibility index (Phi) is 3.03. The van der Waals surface area contributed by atoms with Crippen LogP contribution in [0.4, 0.5) is 0 Å². The van der Waals surface area contributed by atoms with E-state index in [1.54, 1.807) is 30.3 Å². The zero-order chi connectivity index (χ0) is 16.2. The lowest BCUT2D eigenvalue weighted by molar-refractivity contribution is 0.0979. The molecule has 2 aliphatic rings. The molecule has 0 radical (unpaired) electrons. The molecule has 0 amide bonds. The number of aryl methyl sites for hydroxylation is 1. The van der Waals surface area contributed by atoms with Crippen molar-refractivity contribution in [3.05, 3.63) is 70.3 Å². The summed E-state index contributed by atoms with van der Waals surface area (Å²) < 4.78 is 5.60. The third-order valence-electron chi connectivity index (χ3n) is 4.85. The summed E-state index contributed by atoms with van der Waals surface area (Å²) in [7, 11) is 0. The highest BCUT2D eigenvalue weighted by Crippen LogP contribution is 2.38. The van der Waals surface area contributed by atoms with Crippen LogP contribution in [0.15, 0.2) is 42.5 Å². The molecule has 1 aliphatic carbocycles. The Morgan fingerprint density at radius 1 is 0.913 bits per heavy atom. The fourth-order valence-corrected chi connectivity index (χ4v) is 3.34. The van der Waals surface area contributed by atoms with E-state index in [1.807, 2.05) is 12.1 Å². The van der Waals surface area contributed by atoms with Gasteiger partial charge in [0.2, 0.25) is 0 Å². The number of fused-ring (bicyclic) bond motifs is 2. The van der Waals surface area contributed by atoms with Crippen molar-refractivity contribution in [3.63, 3.8) is 0 Å². The number of ether oxygens (including phenoxy) is 1. The van der Waals surface area contributed by atoms with E-state index in [1.165, 1.54) is 0 Å². The second-order valence-corrected chi connectivity index (χ2v) is 6.83. The summed E-state index contributed by atoms with van der Waals surface area (Å²) in [6.07, 6.45) is 2.08. The topological polar surface area (TPSA) is 46.7 Å². The zero-order valence-electron chi connectivity index (χ0n) is 13.3. The summed E-state index contributed by atoms with van der Waals surface area (Å²) in [5.41, 5.74) is 3.12. The minimum atomic E-state index is -0.0617. The Morgan fingerprint density at radius 3 is 2.09 bits per heavy atom. The monoisotopic (exact) mass is 306 g/mol. The van der Waals surface area contributed by atoms with E-state index in [-0.39, 0.29) is 23.3 Å². The molecule has 0 bridgehead atoms. The minimum absolute atomic E-state index is 0.0149. The first-order valence-corrected chi connectivity index (χ1v) is 7.96. The van der Waals surface area contributed by atoms with Gasteiger partial charge in [0, 0.05) is 22.3 Å². The highest BCUT2D eigenvalue weighted by Gasteiger charge is 2.46. The van der Waals surface area contributed by atoms with Crippen molar-refractivity contribution in [2.24, 2.45) is 0 Å². The van der Waals surface area contributed by atoms with Gasteiger partial charge in [0.1, 0.15) is 0 Å². The normalized spacial score (nSPS) is 20.9. The maximum absolute atomic E-state index is 12.7. The Hall–Kier alpha value is -2.26. The molecule has 4 rings (SSSR count). The van der Waals surface area contributed by atoms with Crippen molar-refractivity contribution in [1.29, 1.82) is 0 Å². The molecule has 0 aromatic heterocycles. The van der Waals surface area contributed by atoms with Crippen LogP contribution in [0, 0.1) is 0 Å². The molecule has 1 saturated heterocycles. The molecule has 116 valence electrons. The Balaban J connectivity index is 1.64. The summed E-state index contributed by atoms with van der Waals surface area (Å²) in [5.74, 6) is -0.117. The first kappa shape index (κ1) is 14.3. The molecule has 2 aromatic rings. The van der Waals surface area contributed by atoms with Gasteiger partial charge in [-0.3, -0.25) is 9.59 Å². The number of hydrogen-bond donors (Lipinski definition) is 0. The van der Waals surface area contributed by atoms with Crippen LogP contribution >= 0.6 is 0 Å². The molecule has 0 N–H and O–H groups in total. The smallest absolute Gasteiger partial charge is 0.194 e. The number of epoxide rings is 1. The third kappa shape index (κ3) is 2.32. The quantitative estimate of drug-likeness (QED) is 0.695. The predicted molar refractivity (Wildman–Crippen MR) is 87.0 cm³/mol. The van der Waals surface area contributed by atoms with Gasteiger partial charge in [-0.1, -0.05) is 36.4 Å². The molecular weight excluding hydrogens is 288 g/mol. The van der Waals surface area contributed by atoms with Crippen molar-refractivity contribution in [2.45, 2.75) is 38.4 Å². The van der Waals surface area contributed by atoms with E-state index in [0.717, 1.165) is 18.4 Å². The second-order valence-electron chi connectivity index (χ2n) is 6.83. The van der Waals surface area contributed by atoms with Crippen LogP contribution in [0.1, 0.15) is 57.7 Å². The SMILES string of the molecule is CC1(C)OC1CCc1ccc2c(c1)C(=O)c1ccccc1C2=O. The number of benzene rings is 2. The van der Waals surface area contributed by atoms with Crippen molar-refractivity contribution < 1.29 is 14.3 Å². The lowest BCUT2D eigenvalue weighted by atomic mass is 9.83. The molecule has 23 heavy (non-hydrogen) atoms. The van der Waals surface area contributed by atoms with Crippen molar-refractivity contribution in [1.82, 2.24) is 0 Å². The van der Waals surface area contributed by atoms with Gasteiger partial charge in [-0.25, -0.2) is 0 Å². The van der Waals surface area contributed by atoms with Crippen LogP contribution in [0.3, 0.4) is 0 Å². The lowest BCUT2D eigenvalue weighted by Crippen LogP contribution is -2.21. The van der Waals surface area contributed by atoms with Crippen molar-refractivity contribution >= 4 is 11.6 Å². The lowest BCUT2D eigenvalue weighted by Gasteiger charge is -2.18.